The van der Waals surface area contributed by atoms with Gasteiger partial charge < -0.3 is 24.4 Å². The second-order valence-corrected chi connectivity index (χ2v) is 22.9. The number of aliphatic hydroxyl groups is 1. The van der Waals surface area contributed by atoms with E-state index in [1.807, 2.05) is 141 Å². The van der Waals surface area contributed by atoms with Crippen molar-refractivity contribution >= 4 is 60.4 Å². The molecule has 0 aromatic heterocycles. The van der Waals surface area contributed by atoms with Crippen molar-refractivity contribution in [2.45, 2.75) is 94.9 Å². The third-order valence-electron chi connectivity index (χ3n) is 14.2. The van der Waals surface area contributed by atoms with Crippen molar-refractivity contribution in [1.29, 1.82) is 0 Å². The maximum atomic E-state index is 15.7. The fourth-order valence-corrected chi connectivity index (χ4v) is 13.6. The van der Waals surface area contributed by atoms with E-state index in [2.05, 4.69) is 0 Å². The van der Waals surface area contributed by atoms with Crippen LogP contribution in [0.4, 0.5) is 17.1 Å². The highest BCUT2D eigenvalue weighted by Gasteiger charge is 2.66. The van der Waals surface area contributed by atoms with Gasteiger partial charge in [0.1, 0.15) is 0 Å². The van der Waals surface area contributed by atoms with Crippen LogP contribution in [0.2, 0.25) is 18.6 Å². The van der Waals surface area contributed by atoms with Gasteiger partial charge in [-0.2, -0.15) is 10.2 Å². The molecule has 5 aliphatic heterocycles. The molecule has 4 amide bonds. The smallest absolute Gasteiger partial charge is 0.264 e. The highest BCUT2D eigenvalue weighted by molar-refractivity contribution is 6.71. The number of nitrogens with zero attached hydrogens (tertiary/aromatic N) is 6. The third kappa shape index (κ3) is 8.01. The molecule has 14 heteroatoms. The topological polar surface area (TPSA) is 156 Å². The molecule has 5 heterocycles. The van der Waals surface area contributed by atoms with Crippen molar-refractivity contribution in [3.05, 3.63) is 161 Å². The Morgan fingerprint density at radius 1 is 0.746 bits per heavy atom. The summed E-state index contributed by atoms with van der Waals surface area (Å²) < 4.78 is 7.18. The summed E-state index contributed by atoms with van der Waals surface area (Å²) in [6, 6.07) is 39.9. The summed E-state index contributed by atoms with van der Waals surface area (Å²) in [6.07, 6.45) is 1.10. The molecule has 5 atom stereocenters. The van der Waals surface area contributed by atoms with Crippen LogP contribution in [0, 0.1) is 5.92 Å². The molecule has 1 saturated heterocycles. The number of carbonyl (C=O) groups is 4. The summed E-state index contributed by atoms with van der Waals surface area (Å²) in [6.45, 7) is 5.79. The van der Waals surface area contributed by atoms with Crippen LogP contribution in [0.25, 0.3) is 0 Å². The number of hydrogen-bond donors (Lipinski definition) is 2. The normalized spacial score (nSPS) is 23.9. The number of rotatable bonds is 10. The van der Waals surface area contributed by atoms with Crippen molar-refractivity contribution in [1.82, 2.24) is 4.90 Å². The number of anilines is 3. The first-order chi connectivity index (χ1) is 32.3. The first kappa shape index (κ1) is 44.3. The number of aliphatic hydroxyl groups excluding tert-OH is 1. The maximum Gasteiger partial charge on any atom is 0.264 e. The number of ether oxygens (including phenoxy) is 1. The van der Waals surface area contributed by atoms with Crippen LogP contribution in [-0.4, -0.2) is 76.9 Å². The van der Waals surface area contributed by atoms with Gasteiger partial charge in [-0.3, -0.25) is 19.2 Å². The molecule has 0 bridgehead atoms. The highest BCUT2D eigenvalue weighted by Crippen LogP contribution is 2.60. The Morgan fingerprint density at radius 2 is 1.34 bits per heavy atom. The zero-order valence-corrected chi connectivity index (χ0v) is 38.9. The first-order valence-electron chi connectivity index (χ1n) is 23.2. The molecule has 0 saturated carbocycles. The predicted molar refractivity (Wildman–Crippen MR) is 259 cm³/mol. The Bertz CT molecular complexity index is 2830. The molecule has 2 N–H and O–H groups in total. The second-order valence-electron chi connectivity index (χ2n) is 18.9. The second kappa shape index (κ2) is 17.6. The molecule has 1 fully saturated rings. The van der Waals surface area contributed by atoms with Crippen LogP contribution in [0.3, 0.4) is 0 Å². The molecule has 0 aliphatic carbocycles. The van der Waals surface area contributed by atoms with Gasteiger partial charge in [-0.15, -0.1) is 0 Å². The van der Waals surface area contributed by atoms with Gasteiger partial charge in [-0.05, 0) is 77.7 Å². The molecule has 5 aromatic rings. The summed E-state index contributed by atoms with van der Waals surface area (Å²) in [5.41, 5.74) is 6.17. The van der Waals surface area contributed by atoms with Crippen LogP contribution in [0.15, 0.2) is 138 Å². The average molecular weight is 915 g/mol. The number of amides is 4. The van der Waals surface area contributed by atoms with Crippen molar-refractivity contribution < 1.29 is 33.8 Å². The van der Waals surface area contributed by atoms with Crippen LogP contribution >= 0.6 is 0 Å². The van der Waals surface area contributed by atoms with Gasteiger partial charge in [0, 0.05) is 49.3 Å². The van der Waals surface area contributed by atoms with E-state index in [4.69, 9.17) is 14.9 Å². The van der Waals surface area contributed by atoms with E-state index in [-0.39, 0.29) is 49.6 Å². The lowest BCUT2D eigenvalue weighted by Gasteiger charge is -2.37. The molecule has 5 aliphatic rings. The summed E-state index contributed by atoms with van der Waals surface area (Å²) >= 11 is 0. The number of carbonyl (C=O) groups excluding carboxylic acids is 4. The molecule has 67 heavy (non-hydrogen) atoms. The third-order valence-corrected chi connectivity index (χ3v) is 16.8. The summed E-state index contributed by atoms with van der Waals surface area (Å²) in [5, 5.41) is 23.0. The Balaban J connectivity index is 1.04. The summed E-state index contributed by atoms with van der Waals surface area (Å²) in [4.78, 5) is 72.9. The molecule has 0 unspecified atom stereocenters. The molecule has 13 nitrogen and oxygen atoms in total. The molecule has 5 aromatic carbocycles. The van der Waals surface area contributed by atoms with E-state index in [9.17, 15) is 24.3 Å². The Morgan fingerprint density at radius 3 is 1.96 bits per heavy atom. The van der Waals surface area contributed by atoms with Crippen molar-refractivity contribution in [2.24, 2.45) is 16.1 Å². The van der Waals surface area contributed by atoms with Gasteiger partial charge in [0.05, 0.1) is 60.2 Å². The van der Waals surface area contributed by atoms with Crippen molar-refractivity contribution in [2.75, 3.05) is 21.5 Å². The Kier molecular flexibility index (Phi) is 11.6. The van der Waals surface area contributed by atoms with E-state index in [1.54, 1.807) is 15.9 Å². The van der Waals surface area contributed by atoms with E-state index < -0.39 is 37.5 Å². The molecule has 342 valence electrons. The van der Waals surface area contributed by atoms with Crippen molar-refractivity contribution in [3.8, 4) is 0 Å². The van der Waals surface area contributed by atoms with Gasteiger partial charge in [0.25, 0.3) is 5.91 Å². The van der Waals surface area contributed by atoms with Gasteiger partial charge in [0.15, 0.2) is 13.9 Å². The van der Waals surface area contributed by atoms with Gasteiger partial charge in [-0.1, -0.05) is 104 Å². The Hall–Kier alpha value is -6.58. The number of fused-ring (bicyclic) bond motifs is 3. The monoisotopic (exact) mass is 914 g/mol. The molecule has 10 rings (SSSR count). The molecule has 1 spiro atoms. The Labute approximate surface area is 391 Å². The standard InChI is InChI=1S/C53H54N6O7Si/c1-34-51(67(2,3)65)47(30-50(63)56-32-39-19-11-10-18-38(39)28-42(56)33-60)66-53(34)43-29-41(59-49(62)26-23-45(55-59)37-16-8-5-9-17-37)21-24-46(43)57(52(53)64)31-35-13-12-20-40(27-35)58-48(61)25-22-44(54-58)36-14-6-4-7-15-36/h4-21,24,27,29,34,42,47,51,60,65H,22-23,25-26,28,30-33H2,1-3H3/t34-,42+,47+,51-,53+/m1/s1. The van der Waals surface area contributed by atoms with E-state index in [1.165, 1.54) is 10.0 Å². The average Bonchev–Trinajstić information content (AvgIpc) is 3.77. The van der Waals surface area contributed by atoms with Crippen LogP contribution in [-0.2, 0) is 49.0 Å². The zero-order chi connectivity index (χ0) is 46.6. The van der Waals surface area contributed by atoms with Crippen molar-refractivity contribution in [3.63, 3.8) is 0 Å². The highest BCUT2D eigenvalue weighted by atomic mass is 28.4. The lowest BCUT2D eigenvalue weighted by molar-refractivity contribution is -0.151. The molecular weight excluding hydrogens is 861 g/mol. The lowest BCUT2D eigenvalue weighted by Crippen LogP contribution is -2.48. The quantitative estimate of drug-likeness (QED) is 0.138. The molecular formula is C53H54N6O7Si. The maximum absolute atomic E-state index is 15.7. The SMILES string of the molecule is C[C@@H]1[C@@H]([Si](C)(C)O)[C@H](CC(=O)N2Cc3ccccc3C[C@H]2CO)O[C@@]12C(=O)N(Cc1cccc(N3N=C(c4ccccc4)CCC3=O)c1)c1ccc(N3N=C(c4ccccc4)CCC3=O)cc12. The van der Waals surface area contributed by atoms with Gasteiger partial charge in [-0.25, -0.2) is 10.0 Å². The first-order valence-corrected chi connectivity index (χ1v) is 26.2. The number of benzene rings is 5. The minimum atomic E-state index is -3.21. The summed E-state index contributed by atoms with van der Waals surface area (Å²) in [7, 11) is -3.21. The van der Waals surface area contributed by atoms with E-state index >= 15 is 4.79 Å². The zero-order valence-electron chi connectivity index (χ0n) is 37.9. The fraction of sp³-hybridized carbons (Fsp3) is 0.321. The fourth-order valence-electron chi connectivity index (χ4n) is 11.0. The van der Waals surface area contributed by atoms with Crippen LogP contribution in [0.1, 0.15) is 72.4 Å². The van der Waals surface area contributed by atoms with E-state index in [0.717, 1.165) is 39.2 Å². The number of hydrogen-bond acceptors (Lipinski definition) is 9. The largest absolute Gasteiger partial charge is 0.432 e. The van der Waals surface area contributed by atoms with Crippen LogP contribution in [0.5, 0.6) is 0 Å². The van der Waals surface area contributed by atoms with Crippen LogP contribution < -0.4 is 14.9 Å². The minimum Gasteiger partial charge on any atom is -0.432 e. The van der Waals surface area contributed by atoms with Gasteiger partial charge in [0.2, 0.25) is 17.7 Å². The summed E-state index contributed by atoms with van der Waals surface area (Å²) in [5.74, 6) is -1.52. The van der Waals surface area contributed by atoms with E-state index in [0.29, 0.717) is 54.9 Å². The predicted octanol–water partition coefficient (Wildman–Crippen LogP) is 7.43. The van der Waals surface area contributed by atoms with Gasteiger partial charge >= 0.3 is 0 Å². The lowest BCUT2D eigenvalue weighted by atomic mass is 9.82. The minimum absolute atomic E-state index is 0.104. The number of hydrazone groups is 2. The molecule has 0 radical (unpaired) electrons.